The number of hydrogen-bond donors (Lipinski definition) is 1. The molecule has 96 valence electrons. The molecule has 1 saturated heterocycles. The Hall–Kier alpha value is -0.450. The molecule has 1 aliphatic rings. The van der Waals surface area contributed by atoms with Crippen LogP contribution in [0.4, 0.5) is 0 Å². The minimum absolute atomic E-state index is 0.706. The molecular weight excluding hydrogens is 230 g/mol. The van der Waals surface area contributed by atoms with Gasteiger partial charge in [0.2, 0.25) is 0 Å². The van der Waals surface area contributed by atoms with Crippen LogP contribution in [0.1, 0.15) is 38.3 Å². The molecule has 17 heavy (non-hydrogen) atoms. The molecule has 1 N–H and O–H groups in total. The topological polar surface area (TPSA) is 28.2 Å². The molecule has 0 bridgehead atoms. The number of piperidine rings is 1. The number of likely N-dealkylation sites (tertiary alicyclic amines) is 1. The highest BCUT2D eigenvalue weighted by molar-refractivity contribution is 7.07. The van der Waals surface area contributed by atoms with Crippen LogP contribution in [0.5, 0.6) is 0 Å². The average molecular weight is 253 g/mol. The molecule has 0 aliphatic carbocycles. The first-order valence-corrected chi connectivity index (χ1v) is 7.66. The van der Waals surface area contributed by atoms with Gasteiger partial charge in [0, 0.05) is 24.5 Å². The molecule has 0 spiro atoms. The van der Waals surface area contributed by atoms with E-state index >= 15 is 0 Å². The molecule has 1 fully saturated rings. The summed E-state index contributed by atoms with van der Waals surface area (Å²) in [4.78, 5) is 7.00. The third-order valence-electron chi connectivity index (χ3n) is 3.40. The zero-order valence-corrected chi connectivity index (χ0v) is 11.5. The standard InChI is InChI=1S/C13H23N3S/c1-2-6-14-8-13-5-3-4-7-16(13)9-12-10-17-11-15-12/h10-11,13-14H,2-9H2,1H3. The summed E-state index contributed by atoms with van der Waals surface area (Å²) in [6.45, 7) is 6.76. The highest BCUT2D eigenvalue weighted by Crippen LogP contribution is 2.19. The second-order valence-electron chi connectivity index (χ2n) is 4.80. The molecule has 3 nitrogen and oxygen atoms in total. The molecule has 0 amide bonds. The van der Waals surface area contributed by atoms with Crippen molar-refractivity contribution >= 4 is 11.3 Å². The van der Waals surface area contributed by atoms with Crippen LogP contribution in [0.2, 0.25) is 0 Å². The van der Waals surface area contributed by atoms with E-state index in [9.17, 15) is 0 Å². The van der Waals surface area contributed by atoms with Crippen LogP contribution < -0.4 is 5.32 Å². The molecule has 2 rings (SSSR count). The van der Waals surface area contributed by atoms with Gasteiger partial charge in [0.25, 0.3) is 0 Å². The van der Waals surface area contributed by atoms with E-state index < -0.39 is 0 Å². The van der Waals surface area contributed by atoms with Crippen molar-refractivity contribution in [2.24, 2.45) is 0 Å². The van der Waals surface area contributed by atoms with E-state index in [2.05, 4.69) is 27.5 Å². The Bertz CT molecular complexity index is 300. The van der Waals surface area contributed by atoms with Crippen molar-refractivity contribution < 1.29 is 0 Å². The van der Waals surface area contributed by atoms with Gasteiger partial charge in [0.1, 0.15) is 0 Å². The van der Waals surface area contributed by atoms with Crippen molar-refractivity contribution in [1.29, 1.82) is 0 Å². The minimum Gasteiger partial charge on any atom is -0.315 e. The van der Waals surface area contributed by atoms with E-state index in [4.69, 9.17) is 0 Å². The summed E-state index contributed by atoms with van der Waals surface area (Å²) >= 11 is 1.70. The fourth-order valence-corrected chi connectivity index (χ4v) is 3.02. The number of nitrogens with one attached hydrogen (secondary N) is 1. The first-order chi connectivity index (χ1) is 8.40. The molecule has 0 saturated carbocycles. The van der Waals surface area contributed by atoms with Gasteiger partial charge in [-0.05, 0) is 32.4 Å². The molecule has 0 radical (unpaired) electrons. The Morgan fingerprint density at radius 2 is 2.47 bits per heavy atom. The van der Waals surface area contributed by atoms with E-state index in [1.54, 1.807) is 11.3 Å². The quantitative estimate of drug-likeness (QED) is 0.790. The lowest BCUT2D eigenvalue weighted by atomic mass is 10.0. The molecule has 1 aromatic heterocycles. The molecule has 0 aromatic carbocycles. The summed E-state index contributed by atoms with van der Waals surface area (Å²) in [6.07, 6.45) is 5.28. The average Bonchev–Trinajstić information content (AvgIpc) is 2.84. The molecule has 2 heterocycles. The predicted octanol–water partition coefficient (Wildman–Crippen LogP) is 2.50. The second kappa shape index (κ2) is 7.09. The van der Waals surface area contributed by atoms with Gasteiger partial charge >= 0.3 is 0 Å². The van der Waals surface area contributed by atoms with Crippen LogP contribution >= 0.6 is 11.3 Å². The molecule has 1 aromatic rings. The highest BCUT2D eigenvalue weighted by Gasteiger charge is 2.22. The van der Waals surface area contributed by atoms with Crippen molar-refractivity contribution in [3.8, 4) is 0 Å². The second-order valence-corrected chi connectivity index (χ2v) is 5.52. The minimum atomic E-state index is 0.706. The van der Waals surface area contributed by atoms with Crippen LogP contribution in [0, 0.1) is 0 Å². The Kier molecular flexibility index (Phi) is 5.42. The van der Waals surface area contributed by atoms with Gasteiger partial charge < -0.3 is 5.32 Å². The lowest BCUT2D eigenvalue weighted by molar-refractivity contribution is 0.136. The number of aromatic nitrogens is 1. The monoisotopic (exact) mass is 253 g/mol. The molecule has 1 aliphatic heterocycles. The molecule has 1 unspecified atom stereocenters. The summed E-state index contributed by atoms with van der Waals surface area (Å²) in [6, 6.07) is 0.706. The van der Waals surface area contributed by atoms with Gasteiger partial charge in [0.15, 0.2) is 0 Å². The van der Waals surface area contributed by atoms with Gasteiger partial charge in [-0.15, -0.1) is 11.3 Å². The maximum atomic E-state index is 4.40. The van der Waals surface area contributed by atoms with E-state index in [0.717, 1.165) is 19.6 Å². The summed E-state index contributed by atoms with van der Waals surface area (Å²) < 4.78 is 0. The summed E-state index contributed by atoms with van der Waals surface area (Å²) in [5, 5.41) is 5.73. The normalized spacial score (nSPS) is 21.8. The third kappa shape index (κ3) is 4.05. The van der Waals surface area contributed by atoms with Gasteiger partial charge in [-0.2, -0.15) is 0 Å². The highest BCUT2D eigenvalue weighted by atomic mass is 32.1. The van der Waals surface area contributed by atoms with Crippen molar-refractivity contribution in [2.45, 2.75) is 45.2 Å². The van der Waals surface area contributed by atoms with Gasteiger partial charge in [-0.1, -0.05) is 13.3 Å². The number of rotatable bonds is 6. The van der Waals surface area contributed by atoms with Gasteiger partial charge in [0.05, 0.1) is 11.2 Å². The first-order valence-electron chi connectivity index (χ1n) is 6.72. The molecule has 1 atom stereocenters. The Morgan fingerprint density at radius 1 is 1.53 bits per heavy atom. The third-order valence-corrected chi connectivity index (χ3v) is 4.04. The summed E-state index contributed by atoms with van der Waals surface area (Å²) in [5.41, 5.74) is 3.17. The Morgan fingerprint density at radius 3 is 3.24 bits per heavy atom. The fourth-order valence-electron chi connectivity index (χ4n) is 2.47. The van der Waals surface area contributed by atoms with Gasteiger partial charge in [-0.3, -0.25) is 4.90 Å². The van der Waals surface area contributed by atoms with Gasteiger partial charge in [-0.25, -0.2) is 4.98 Å². The van der Waals surface area contributed by atoms with Crippen LogP contribution in [-0.4, -0.2) is 35.6 Å². The first kappa shape index (κ1) is 13.0. The van der Waals surface area contributed by atoms with E-state index in [1.165, 1.54) is 37.9 Å². The summed E-state index contributed by atoms with van der Waals surface area (Å²) in [7, 11) is 0. The van der Waals surface area contributed by atoms with Crippen molar-refractivity contribution in [3.63, 3.8) is 0 Å². The molecule has 4 heteroatoms. The lowest BCUT2D eigenvalue weighted by Gasteiger charge is -2.35. The predicted molar refractivity (Wildman–Crippen MR) is 73.3 cm³/mol. The molecular formula is C13H23N3S. The van der Waals surface area contributed by atoms with Crippen LogP contribution in [0.3, 0.4) is 0 Å². The van der Waals surface area contributed by atoms with Crippen LogP contribution in [0.15, 0.2) is 10.9 Å². The van der Waals surface area contributed by atoms with Crippen molar-refractivity contribution in [3.05, 3.63) is 16.6 Å². The summed E-state index contributed by atoms with van der Waals surface area (Å²) in [5.74, 6) is 0. The lowest BCUT2D eigenvalue weighted by Crippen LogP contribution is -2.45. The Balaban J connectivity index is 1.83. The van der Waals surface area contributed by atoms with Crippen molar-refractivity contribution in [2.75, 3.05) is 19.6 Å². The van der Waals surface area contributed by atoms with E-state index in [1.807, 2.05) is 5.51 Å². The number of thiazole rings is 1. The van der Waals surface area contributed by atoms with Crippen molar-refractivity contribution in [1.82, 2.24) is 15.2 Å². The van der Waals surface area contributed by atoms with E-state index in [0.29, 0.717) is 6.04 Å². The number of nitrogens with zero attached hydrogens (tertiary/aromatic N) is 2. The number of hydrogen-bond acceptors (Lipinski definition) is 4. The SMILES string of the molecule is CCCNCC1CCCCN1Cc1cscn1. The van der Waals surface area contributed by atoms with E-state index in [-0.39, 0.29) is 0 Å². The van der Waals surface area contributed by atoms with Crippen LogP contribution in [0.25, 0.3) is 0 Å². The Labute approximate surface area is 108 Å². The zero-order valence-electron chi connectivity index (χ0n) is 10.7. The van der Waals surface area contributed by atoms with Crippen LogP contribution in [-0.2, 0) is 6.54 Å². The largest absolute Gasteiger partial charge is 0.315 e. The fraction of sp³-hybridized carbons (Fsp3) is 0.769. The maximum Gasteiger partial charge on any atom is 0.0795 e. The zero-order chi connectivity index (χ0) is 11.9. The smallest absolute Gasteiger partial charge is 0.0795 e. The maximum absolute atomic E-state index is 4.40.